The van der Waals surface area contributed by atoms with E-state index in [0.717, 1.165) is 53.4 Å². The Balaban J connectivity index is 1.90. The molecule has 19 heavy (non-hydrogen) atoms. The van der Waals surface area contributed by atoms with Crippen LogP contribution in [0.4, 0.5) is 0 Å². The van der Waals surface area contributed by atoms with E-state index in [1.807, 2.05) is 29.6 Å². The Labute approximate surface area is 116 Å². The summed E-state index contributed by atoms with van der Waals surface area (Å²) in [5.41, 5.74) is 0.991. The van der Waals surface area contributed by atoms with Gasteiger partial charge in [-0.05, 0) is 26.0 Å². The lowest BCUT2D eigenvalue weighted by molar-refractivity contribution is 0.0771. The van der Waals surface area contributed by atoms with Crippen LogP contribution in [0, 0.1) is 6.92 Å². The molecule has 0 radical (unpaired) electrons. The first kappa shape index (κ1) is 12.6. The first-order chi connectivity index (χ1) is 9.16. The zero-order valence-electron chi connectivity index (χ0n) is 11.3. The number of rotatable bonds is 1. The lowest BCUT2D eigenvalue weighted by Crippen LogP contribution is -2.33. The minimum atomic E-state index is 0.157. The molecule has 1 amide bonds. The zero-order valence-corrected chi connectivity index (χ0v) is 12.1. The lowest BCUT2D eigenvalue weighted by atomic mass is 10.3. The van der Waals surface area contributed by atoms with Gasteiger partial charge in [-0.25, -0.2) is 0 Å². The number of nitrogens with one attached hydrogen (secondary N) is 1. The van der Waals surface area contributed by atoms with Crippen molar-refractivity contribution in [2.45, 2.75) is 13.3 Å². The molecule has 1 saturated heterocycles. The molecule has 1 fully saturated rings. The van der Waals surface area contributed by atoms with Crippen molar-refractivity contribution in [2.24, 2.45) is 7.05 Å². The van der Waals surface area contributed by atoms with Crippen LogP contribution in [0.2, 0.25) is 0 Å². The Bertz CT molecular complexity index is 573. The molecule has 0 aromatic carbocycles. The second kappa shape index (κ2) is 4.94. The van der Waals surface area contributed by atoms with Crippen molar-refractivity contribution in [1.29, 1.82) is 0 Å². The van der Waals surface area contributed by atoms with Gasteiger partial charge >= 0.3 is 0 Å². The maximum Gasteiger partial charge on any atom is 0.264 e. The van der Waals surface area contributed by atoms with Gasteiger partial charge in [-0.3, -0.25) is 9.48 Å². The highest BCUT2D eigenvalue weighted by Crippen LogP contribution is 2.28. The summed E-state index contributed by atoms with van der Waals surface area (Å²) in [6, 6.07) is 1.99. The Morgan fingerprint density at radius 3 is 3.05 bits per heavy atom. The number of amides is 1. The van der Waals surface area contributed by atoms with Crippen LogP contribution in [0.25, 0.3) is 10.2 Å². The maximum atomic E-state index is 12.5. The van der Waals surface area contributed by atoms with E-state index >= 15 is 0 Å². The Hall–Kier alpha value is -1.40. The van der Waals surface area contributed by atoms with Gasteiger partial charge in [0.15, 0.2) is 0 Å². The molecule has 1 aliphatic heterocycles. The van der Waals surface area contributed by atoms with E-state index in [0.29, 0.717) is 0 Å². The normalized spacial score (nSPS) is 16.8. The monoisotopic (exact) mass is 278 g/mol. The Morgan fingerprint density at radius 2 is 2.26 bits per heavy atom. The zero-order chi connectivity index (χ0) is 13.4. The first-order valence-corrected chi connectivity index (χ1v) is 7.41. The van der Waals surface area contributed by atoms with Crippen molar-refractivity contribution < 1.29 is 4.79 Å². The van der Waals surface area contributed by atoms with Crippen LogP contribution in [0.1, 0.15) is 21.8 Å². The van der Waals surface area contributed by atoms with Crippen LogP contribution in [-0.4, -0.2) is 46.8 Å². The number of aromatic nitrogens is 2. The third-order valence-electron chi connectivity index (χ3n) is 3.53. The second-order valence-electron chi connectivity index (χ2n) is 4.93. The fourth-order valence-corrected chi connectivity index (χ4v) is 3.61. The summed E-state index contributed by atoms with van der Waals surface area (Å²) in [4.78, 5) is 16.4. The van der Waals surface area contributed by atoms with E-state index in [1.165, 1.54) is 0 Å². The molecular weight excluding hydrogens is 260 g/mol. The summed E-state index contributed by atoms with van der Waals surface area (Å²) in [7, 11) is 1.93. The molecule has 0 atom stereocenters. The van der Waals surface area contributed by atoms with Crippen LogP contribution in [0.5, 0.6) is 0 Å². The van der Waals surface area contributed by atoms with Crippen molar-refractivity contribution in [3.05, 3.63) is 16.6 Å². The van der Waals surface area contributed by atoms with E-state index in [-0.39, 0.29) is 5.91 Å². The maximum absolute atomic E-state index is 12.5. The van der Waals surface area contributed by atoms with Gasteiger partial charge in [0.2, 0.25) is 0 Å². The van der Waals surface area contributed by atoms with E-state index in [1.54, 1.807) is 11.3 Å². The van der Waals surface area contributed by atoms with Gasteiger partial charge in [-0.1, -0.05) is 0 Å². The quantitative estimate of drug-likeness (QED) is 0.857. The molecule has 0 aliphatic carbocycles. The molecule has 5 nitrogen and oxygen atoms in total. The van der Waals surface area contributed by atoms with Gasteiger partial charge in [0.1, 0.15) is 4.83 Å². The molecule has 3 heterocycles. The topological polar surface area (TPSA) is 50.2 Å². The minimum absolute atomic E-state index is 0.157. The van der Waals surface area contributed by atoms with Crippen LogP contribution < -0.4 is 5.32 Å². The van der Waals surface area contributed by atoms with E-state index in [9.17, 15) is 4.79 Å². The minimum Gasteiger partial charge on any atom is -0.337 e. The van der Waals surface area contributed by atoms with E-state index < -0.39 is 0 Å². The molecule has 0 spiro atoms. The van der Waals surface area contributed by atoms with Gasteiger partial charge in [0.25, 0.3) is 5.91 Å². The molecule has 0 saturated carbocycles. The standard InChI is InChI=1S/C13H18N4OS/c1-9-10-8-11(19-13(10)16(2)15-9)12(18)17-6-3-4-14-5-7-17/h8,14H,3-7H2,1-2H3. The van der Waals surface area contributed by atoms with Crippen molar-refractivity contribution in [3.63, 3.8) is 0 Å². The highest BCUT2D eigenvalue weighted by Gasteiger charge is 2.21. The number of nitrogens with zero attached hydrogens (tertiary/aromatic N) is 3. The van der Waals surface area contributed by atoms with Crippen molar-refractivity contribution in [3.8, 4) is 0 Å². The van der Waals surface area contributed by atoms with Crippen LogP contribution in [-0.2, 0) is 7.05 Å². The van der Waals surface area contributed by atoms with Crippen molar-refractivity contribution in [1.82, 2.24) is 20.0 Å². The van der Waals surface area contributed by atoms with Crippen LogP contribution >= 0.6 is 11.3 Å². The molecule has 0 unspecified atom stereocenters. The first-order valence-electron chi connectivity index (χ1n) is 6.60. The molecule has 2 aromatic rings. The molecule has 1 N–H and O–H groups in total. The third kappa shape index (κ3) is 2.26. The number of thiophene rings is 1. The molecule has 0 bridgehead atoms. The van der Waals surface area contributed by atoms with Gasteiger partial charge in [-0.15, -0.1) is 11.3 Å². The third-order valence-corrected chi connectivity index (χ3v) is 4.72. The summed E-state index contributed by atoms with van der Waals surface area (Å²) in [6.07, 6.45) is 1.03. The summed E-state index contributed by atoms with van der Waals surface area (Å²) in [5.74, 6) is 0.157. The number of carbonyl (C=O) groups is 1. The predicted molar refractivity (Wildman–Crippen MR) is 76.7 cm³/mol. The average molecular weight is 278 g/mol. The average Bonchev–Trinajstić information content (AvgIpc) is 2.80. The smallest absolute Gasteiger partial charge is 0.264 e. The van der Waals surface area contributed by atoms with Crippen molar-refractivity contribution in [2.75, 3.05) is 26.2 Å². The van der Waals surface area contributed by atoms with E-state index in [4.69, 9.17) is 0 Å². The number of carbonyl (C=O) groups excluding carboxylic acids is 1. The van der Waals surface area contributed by atoms with Crippen LogP contribution in [0.15, 0.2) is 6.07 Å². The fraction of sp³-hybridized carbons (Fsp3) is 0.538. The number of fused-ring (bicyclic) bond motifs is 1. The molecule has 6 heteroatoms. The molecular formula is C13H18N4OS. The van der Waals surface area contributed by atoms with Crippen molar-refractivity contribution >= 4 is 27.5 Å². The molecule has 1 aliphatic rings. The molecule has 102 valence electrons. The van der Waals surface area contributed by atoms with Gasteiger partial charge < -0.3 is 10.2 Å². The fourth-order valence-electron chi connectivity index (χ4n) is 2.52. The molecule has 3 rings (SSSR count). The number of hydrogen-bond acceptors (Lipinski definition) is 4. The van der Waals surface area contributed by atoms with Crippen LogP contribution in [0.3, 0.4) is 0 Å². The Kier molecular flexibility index (Phi) is 3.28. The lowest BCUT2D eigenvalue weighted by Gasteiger charge is -2.18. The number of hydrogen-bond donors (Lipinski definition) is 1. The largest absolute Gasteiger partial charge is 0.337 e. The second-order valence-corrected chi connectivity index (χ2v) is 5.96. The van der Waals surface area contributed by atoms with Gasteiger partial charge in [0.05, 0.1) is 10.6 Å². The SMILES string of the molecule is Cc1nn(C)c2sc(C(=O)N3CCCNCC3)cc12. The highest BCUT2D eigenvalue weighted by atomic mass is 32.1. The summed E-state index contributed by atoms with van der Waals surface area (Å²) >= 11 is 1.54. The van der Waals surface area contributed by atoms with E-state index in [2.05, 4.69) is 10.4 Å². The Morgan fingerprint density at radius 1 is 1.42 bits per heavy atom. The summed E-state index contributed by atoms with van der Waals surface area (Å²) in [5, 5.41) is 8.79. The van der Waals surface area contributed by atoms with Gasteiger partial charge in [0, 0.05) is 32.1 Å². The summed E-state index contributed by atoms with van der Waals surface area (Å²) in [6.45, 7) is 5.51. The number of aryl methyl sites for hydroxylation is 2. The highest BCUT2D eigenvalue weighted by molar-refractivity contribution is 7.20. The predicted octanol–water partition coefficient (Wildman–Crippen LogP) is 1.38. The van der Waals surface area contributed by atoms with Gasteiger partial charge in [-0.2, -0.15) is 5.10 Å². The molecule has 2 aromatic heterocycles. The summed E-state index contributed by atoms with van der Waals surface area (Å²) < 4.78 is 1.86.